The lowest BCUT2D eigenvalue weighted by Crippen LogP contribution is -2.51. The van der Waals surface area contributed by atoms with Crippen LogP contribution >= 0.6 is 12.2 Å². The molecule has 1 saturated heterocycles. The Morgan fingerprint density at radius 2 is 1.82 bits per heavy atom. The summed E-state index contributed by atoms with van der Waals surface area (Å²) in [6.07, 6.45) is 6.87. The minimum Gasteiger partial charge on any atom is -0.360 e. The van der Waals surface area contributed by atoms with Crippen LogP contribution in [0, 0.1) is 0 Å². The van der Waals surface area contributed by atoms with Gasteiger partial charge in [-0.15, -0.1) is 0 Å². The van der Waals surface area contributed by atoms with E-state index in [2.05, 4.69) is 15.1 Å². The van der Waals surface area contributed by atoms with Crippen molar-refractivity contribution in [1.82, 2.24) is 15.1 Å². The first-order valence-electron chi connectivity index (χ1n) is 8.30. The lowest BCUT2D eigenvalue weighted by atomic mass is 9.96. The maximum Gasteiger partial charge on any atom is 0.169 e. The number of thiocarbonyl (C=S) groups is 1. The van der Waals surface area contributed by atoms with Gasteiger partial charge in [-0.1, -0.05) is 19.3 Å². The van der Waals surface area contributed by atoms with Gasteiger partial charge in [0.25, 0.3) is 0 Å². The summed E-state index contributed by atoms with van der Waals surface area (Å²) in [5.41, 5.74) is 0. The molecule has 5 nitrogen and oxygen atoms in total. The number of rotatable bonds is 5. The Morgan fingerprint density at radius 1 is 1.14 bits per heavy atom. The Hall–Kier alpha value is -0.400. The molecule has 0 aromatic carbocycles. The molecule has 1 heterocycles. The maximum atomic E-state index is 11.8. The molecule has 1 N–H and O–H groups in total. The molecule has 0 aromatic rings. The molecule has 1 atom stereocenters. The van der Waals surface area contributed by atoms with Crippen LogP contribution in [0.15, 0.2) is 0 Å². The summed E-state index contributed by atoms with van der Waals surface area (Å²) in [5.74, 6) is 0.537. The van der Waals surface area contributed by atoms with Crippen molar-refractivity contribution in [1.29, 1.82) is 0 Å². The van der Waals surface area contributed by atoms with Crippen LogP contribution in [0.3, 0.4) is 0 Å². The van der Waals surface area contributed by atoms with Crippen LogP contribution in [0.5, 0.6) is 0 Å². The SMILES string of the molecule is CN(C)CCN(C(=S)NC1CCCCC1)[C@@H]1CCS(=O)(=O)C1. The van der Waals surface area contributed by atoms with E-state index in [9.17, 15) is 8.42 Å². The molecule has 0 spiro atoms. The average Bonchev–Trinajstić information content (AvgIpc) is 2.80. The second kappa shape index (κ2) is 7.93. The van der Waals surface area contributed by atoms with Crippen LogP contribution in [0.2, 0.25) is 0 Å². The number of nitrogens with zero attached hydrogens (tertiary/aromatic N) is 2. The smallest absolute Gasteiger partial charge is 0.169 e. The van der Waals surface area contributed by atoms with Gasteiger partial charge < -0.3 is 15.1 Å². The summed E-state index contributed by atoms with van der Waals surface area (Å²) in [4.78, 5) is 4.23. The van der Waals surface area contributed by atoms with Crippen molar-refractivity contribution in [3.63, 3.8) is 0 Å². The fraction of sp³-hybridized carbons (Fsp3) is 0.933. The van der Waals surface area contributed by atoms with Crippen molar-refractivity contribution < 1.29 is 8.42 Å². The summed E-state index contributed by atoms with van der Waals surface area (Å²) in [6, 6.07) is 0.495. The van der Waals surface area contributed by atoms with E-state index in [1.54, 1.807) is 0 Å². The quantitative estimate of drug-likeness (QED) is 0.756. The van der Waals surface area contributed by atoms with Gasteiger partial charge in [-0.3, -0.25) is 0 Å². The van der Waals surface area contributed by atoms with Crippen LogP contribution in [-0.4, -0.2) is 74.1 Å². The molecule has 1 aliphatic heterocycles. The van der Waals surface area contributed by atoms with Crippen molar-refractivity contribution in [2.24, 2.45) is 0 Å². The Balaban J connectivity index is 1.97. The van der Waals surface area contributed by atoms with Gasteiger partial charge in [0, 0.05) is 25.2 Å². The summed E-state index contributed by atoms with van der Waals surface area (Å²) in [7, 11) is 1.17. The van der Waals surface area contributed by atoms with Crippen LogP contribution in [0.1, 0.15) is 38.5 Å². The van der Waals surface area contributed by atoms with Crippen molar-refractivity contribution in [3.8, 4) is 0 Å². The van der Waals surface area contributed by atoms with Crippen molar-refractivity contribution in [3.05, 3.63) is 0 Å². The molecule has 0 unspecified atom stereocenters. The highest BCUT2D eigenvalue weighted by molar-refractivity contribution is 7.91. The molecule has 0 bridgehead atoms. The highest BCUT2D eigenvalue weighted by Crippen LogP contribution is 2.20. The van der Waals surface area contributed by atoms with E-state index in [4.69, 9.17) is 12.2 Å². The molecular weight excluding hydrogens is 318 g/mol. The molecule has 128 valence electrons. The van der Waals surface area contributed by atoms with E-state index >= 15 is 0 Å². The highest BCUT2D eigenvalue weighted by atomic mass is 32.2. The summed E-state index contributed by atoms with van der Waals surface area (Å²) in [5, 5.41) is 4.24. The van der Waals surface area contributed by atoms with Crippen molar-refractivity contribution in [2.75, 3.05) is 38.7 Å². The first-order chi connectivity index (χ1) is 10.4. The zero-order valence-electron chi connectivity index (χ0n) is 13.8. The number of hydrogen-bond acceptors (Lipinski definition) is 4. The Labute approximate surface area is 140 Å². The molecule has 2 fully saturated rings. The minimum absolute atomic E-state index is 0.0357. The van der Waals surface area contributed by atoms with Crippen LogP contribution in [-0.2, 0) is 9.84 Å². The van der Waals surface area contributed by atoms with Gasteiger partial charge in [-0.05, 0) is 45.6 Å². The molecule has 0 aromatic heterocycles. The Bertz CT molecular complexity index is 473. The molecule has 7 heteroatoms. The fourth-order valence-electron chi connectivity index (χ4n) is 3.28. The first-order valence-corrected chi connectivity index (χ1v) is 10.5. The number of nitrogens with one attached hydrogen (secondary N) is 1. The standard InChI is InChI=1S/C15H29N3O2S2/c1-17(2)9-10-18(14-8-11-22(19,20)12-14)15(21)16-13-6-4-3-5-7-13/h13-14H,3-12H2,1-2H3,(H,16,21)/t14-/m1/s1. The molecule has 2 rings (SSSR count). The molecule has 1 aliphatic carbocycles. The fourth-order valence-corrected chi connectivity index (χ4v) is 5.42. The number of hydrogen-bond donors (Lipinski definition) is 1. The molecular formula is C15H29N3O2S2. The second-order valence-electron chi connectivity index (χ2n) is 6.84. The normalized spacial score (nSPS) is 25.3. The largest absolute Gasteiger partial charge is 0.360 e. The van der Waals surface area contributed by atoms with Gasteiger partial charge in [0.2, 0.25) is 0 Å². The highest BCUT2D eigenvalue weighted by Gasteiger charge is 2.33. The molecule has 0 radical (unpaired) electrons. The van der Waals surface area contributed by atoms with Crippen LogP contribution < -0.4 is 5.32 Å². The Kier molecular flexibility index (Phi) is 6.46. The summed E-state index contributed by atoms with van der Waals surface area (Å²) in [6.45, 7) is 1.66. The van der Waals surface area contributed by atoms with Crippen LogP contribution in [0.25, 0.3) is 0 Å². The molecule has 2 aliphatic rings. The number of likely N-dealkylation sites (N-methyl/N-ethyl adjacent to an activating group) is 1. The van der Waals surface area contributed by atoms with Gasteiger partial charge >= 0.3 is 0 Å². The molecule has 1 saturated carbocycles. The van der Waals surface area contributed by atoms with E-state index in [1.807, 2.05) is 14.1 Å². The topological polar surface area (TPSA) is 52.6 Å². The monoisotopic (exact) mass is 347 g/mol. The van der Waals surface area contributed by atoms with Gasteiger partial charge in [0.1, 0.15) is 0 Å². The average molecular weight is 348 g/mol. The van der Waals surface area contributed by atoms with E-state index < -0.39 is 9.84 Å². The minimum atomic E-state index is -2.89. The van der Waals surface area contributed by atoms with Gasteiger partial charge in [0.15, 0.2) is 14.9 Å². The zero-order valence-corrected chi connectivity index (χ0v) is 15.4. The molecule has 22 heavy (non-hydrogen) atoms. The molecule has 0 amide bonds. The Morgan fingerprint density at radius 3 is 2.36 bits per heavy atom. The number of sulfone groups is 1. The lowest BCUT2D eigenvalue weighted by Gasteiger charge is -2.35. The van der Waals surface area contributed by atoms with Gasteiger partial charge in [-0.2, -0.15) is 0 Å². The van der Waals surface area contributed by atoms with Crippen LogP contribution in [0.4, 0.5) is 0 Å². The predicted molar refractivity (Wildman–Crippen MR) is 94.9 cm³/mol. The zero-order chi connectivity index (χ0) is 16.2. The first kappa shape index (κ1) is 17.9. The van der Waals surface area contributed by atoms with Gasteiger partial charge in [0.05, 0.1) is 11.5 Å². The third kappa shape index (κ3) is 5.35. The third-order valence-electron chi connectivity index (χ3n) is 4.63. The van der Waals surface area contributed by atoms with E-state index in [1.165, 1.54) is 32.1 Å². The van der Waals surface area contributed by atoms with Gasteiger partial charge in [-0.25, -0.2) is 8.42 Å². The summed E-state index contributed by atoms with van der Waals surface area (Å²) >= 11 is 5.62. The van der Waals surface area contributed by atoms with Crippen molar-refractivity contribution >= 4 is 27.2 Å². The van der Waals surface area contributed by atoms with Crippen molar-refractivity contribution in [2.45, 2.75) is 50.6 Å². The van der Waals surface area contributed by atoms with E-state index in [0.29, 0.717) is 18.2 Å². The maximum absolute atomic E-state index is 11.8. The van der Waals surface area contributed by atoms with E-state index in [0.717, 1.165) is 18.2 Å². The third-order valence-corrected chi connectivity index (χ3v) is 6.73. The lowest BCUT2D eigenvalue weighted by molar-refractivity contribution is 0.277. The van der Waals surface area contributed by atoms with E-state index in [-0.39, 0.29) is 11.8 Å². The predicted octanol–water partition coefficient (Wildman–Crippen LogP) is 1.24. The second-order valence-corrected chi connectivity index (χ2v) is 9.45. The summed E-state index contributed by atoms with van der Waals surface area (Å²) < 4.78 is 23.6.